The molecule has 2 amide bonds. The van der Waals surface area contributed by atoms with E-state index < -0.39 is 0 Å². The highest BCUT2D eigenvalue weighted by Gasteiger charge is 2.19. The molecule has 0 saturated heterocycles. The molecule has 18 heavy (non-hydrogen) atoms. The molecule has 0 radical (unpaired) electrons. The van der Waals surface area contributed by atoms with Crippen LogP contribution in [0.5, 0.6) is 0 Å². The summed E-state index contributed by atoms with van der Waals surface area (Å²) in [6.07, 6.45) is 0. The zero-order valence-electron chi connectivity index (χ0n) is 11.2. The first-order valence-corrected chi connectivity index (χ1v) is 6.27. The summed E-state index contributed by atoms with van der Waals surface area (Å²) in [5.74, 6) is 0.297. The maximum absolute atomic E-state index is 11.7. The third-order valence-corrected chi connectivity index (χ3v) is 2.87. The second-order valence-electron chi connectivity index (χ2n) is 4.70. The van der Waals surface area contributed by atoms with E-state index in [-0.39, 0.29) is 25.2 Å². The van der Waals surface area contributed by atoms with Crippen LogP contribution in [0.15, 0.2) is 24.3 Å². The first kappa shape index (κ1) is 14.5. The van der Waals surface area contributed by atoms with Crippen molar-refractivity contribution in [3.63, 3.8) is 0 Å². The average Bonchev–Trinajstić information content (AvgIpc) is 2.34. The van der Waals surface area contributed by atoms with Gasteiger partial charge >= 0.3 is 6.03 Å². The van der Waals surface area contributed by atoms with Crippen LogP contribution in [0.25, 0.3) is 0 Å². The molecule has 0 aliphatic carbocycles. The Labute approximate surface area is 108 Å². The highest BCUT2D eigenvalue weighted by Crippen LogP contribution is 2.24. The van der Waals surface area contributed by atoms with Gasteiger partial charge in [-0.05, 0) is 24.0 Å². The van der Waals surface area contributed by atoms with Crippen molar-refractivity contribution in [1.29, 1.82) is 0 Å². The van der Waals surface area contributed by atoms with Crippen LogP contribution in [0.4, 0.5) is 4.79 Å². The summed E-state index contributed by atoms with van der Waals surface area (Å²) in [5, 5.41) is 14.2. The van der Waals surface area contributed by atoms with Crippen LogP contribution in [0.2, 0.25) is 0 Å². The number of hydrogen-bond acceptors (Lipinski definition) is 2. The minimum atomic E-state index is -0.244. The molecule has 0 heterocycles. The molecule has 1 rings (SSSR count). The van der Waals surface area contributed by atoms with Crippen LogP contribution >= 0.6 is 0 Å². The second-order valence-corrected chi connectivity index (χ2v) is 4.70. The van der Waals surface area contributed by atoms with Crippen molar-refractivity contribution >= 4 is 6.03 Å². The molecule has 0 aromatic heterocycles. The number of aliphatic hydroxyl groups excluding tert-OH is 1. The van der Waals surface area contributed by atoms with E-state index in [2.05, 4.69) is 24.5 Å². The van der Waals surface area contributed by atoms with Crippen LogP contribution in [0.3, 0.4) is 0 Å². The van der Waals surface area contributed by atoms with E-state index in [4.69, 9.17) is 5.11 Å². The first-order chi connectivity index (χ1) is 8.56. The fourth-order valence-corrected chi connectivity index (χ4v) is 1.90. The monoisotopic (exact) mass is 250 g/mol. The van der Waals surface area contributed by atoms with Crippen LogP contribution in [0, 0.1) is 12.8 Å². The molecule has 0 bridgehead atoms. The smallest absolute Gasteiger partial charge is 0.315 e. The molecular weight excluding hydrogens is 228 g/mol. The van der Waals surface area contributed by atoms with Crippen LogP contribution in [-0.2, 0) is 0 Å². The van der Waals surface area contributed by atoms with Gasteiger partial charge in [0.25, 0.3) is 0 Å². The minimum absolute atomic E-state index is 0.0232. The largest absolute Gasteiger partial charge is 0.395 e. The van der Waals surface area contributed by atoms with E-state index >= 15 is 0 Å². The Morgan fingerprint density at radius 3 is 2.56 bits per heavy atom. The van der Waals surface area contributed by atoms with Gasteiger partial charge in [-0.1, -0.05) is 38.1 Å². The molecule has 1 atom stereocenters. The van der Waals surface area contributed by atoms with E-state index in [1.807, 2.05) is 31.2 Å². The number of rotatable bonds is 5. The van der Waals surface area contributed by atoms with Crippen molar-refractivity contribution in [2.24, 2.45) is 5.92 Å². The maximum Gasteiger partial charge on any atom is 0.315 e. The van der Waals surface area contributed by atoms with Crippen molar-refractivity contribution in [2.75, 3.05) is 13.2 Å². The Balaban J connectivity index is 2.78. The minimum Gasteiger partial charge on any atom is -0.395 e. The molecule has 4 nitrogen and oxygen atoms in total. The molecule has 0 aliphatic rings. The van der Waals surface area contributed by atoms with Crippen LogP contribution < -0.4 is 10.6 Å². The van der Waals surface area contributed by atoms with E-state index in [1.54, 1.807) is 0 Å². The van der Waals surface area contributed by atoms with E-state index in [1.165, 1.54) is 5.56 Å². The quantitative estimate of drug-likeness (QED) is 0.748. The number of aryl methyl sites for hydroxylation is 1. The lowest BCUT2D eigenvalue weighted by molar-refractivity contribution is 0.227. The van der Waals surface area contributed by atoms with Crippen molar-refractivity contribution in [3.05, 3.63) is 35.4 Å². The Kier molecular flexibility index (Phi) is 5.65. The normalized spacial score (nSPS) is 12.3. The van der Waals surface area contributed by atoms with Crippen LogP contribution in [0.1, 0.15) is 31.0 Å². The number of nitrogens with one attached hydrogen (secondary N) is 2. The Bertz CT molecular complexity index is 391. The third-order valence-electron chi connectivity index (χ3n) is 2.87. The molecule has 4 heteroatoms. The van der Waals surface area contributed by atoms with Crippen molar-refractivity contribution in [2.45, 2.75) is 26.8 Å². The summed E-state index contributed by atoms with van der Waals surface area (Å²) in [6, 6.07) is 7.77. The summed E-state index contributed by atoms with van der Waals surface area (Å²) in [4.78, 5) is 11.7. The molecule has 0 spiro atoms. The topological polar surface area (TPSA) is 61.4 Å². The Hall–Kier alpha value is -1.55. The molecule has 1 unspecified atom stereocenters. The summed E-state index contributed by atoms with van der Waals surface area (Å²) in [7, 11) is 0. The number of benzene rings is 1. The summed E-state index contributed by atoms with van der Waals surface area (Å²) >= 11 is 0. The standard InChI is InChI=1S/C14H22N2O2/c1-10(2)13(16-14(18)15-8-9-17)12-7-5-4-6-11(12)3/h4-7,10,13,17H,8-9H2,1-3H3,(H2,15,16,18). The summed E-state index contributed by atoms with van der Waals surface area (Å²) in [6.45, 7) is 6.40. The van der Waals surface area contributed by atoms with Gasteiger partial charge in [0.05, 0.1) is 12.6 Å². The number of carbonyl (C=O) groups excluding carboxylic acids is 1. The molecule has 0 aliphatic heterocycles. The highest BCUT2D eigenvalue weighted by molar-refractivity contribution is 5.74. The van der Waals surface area contributed by atoms with Crippen molar-refractivity contribution in [1.82, 2.24) is 10.6 Å². The molecule has 1 aromatic carbocycles. The Morgan fingerprint density at radius 2 is 2.00 bits per heavy atom. The number of urea groups is 1. The van der Waals surface area contributed by atoms with Gasteiger partial charge in [0.15, 0.2) is 0 Å². The zero-order chi connectivity index (χ0) is 13.5. The fraction of sp³-hybridized carbons (Fsp3) is 0.500. The number of aliphatic hydroxyl groups is 1. The number of hydrogen-bond donors (Lipinski definition) is 3. The van der Waals surface area contributed by atoms with Gasteiger partial charge in [0.2, 0.25) is 0 Å². The molecular formula is C14H22N2O2. The first-order valence-electron chi connectivity index (χ1n) is 6.27. The average molecular weight is 250 g/mol. The summed E-state index contributed by atoms with van der Waals surface area (Å²) < 4.78 is 0. The van der Waals surface area contributed by atoms with Gasteiger partial charge in [0.1, 0.15) is 0 Å². The lowest BCUT2D eigenvalue weighted by Gasteiger charge is -2.24. The SMILES string of the molecule is Cc1ccccc1C(NC(=O)NCCO)C(C)C. The predicted molar refractivity (Wildman–Crippen MR) is 72.4 cm³/mol. The van der Waals surface area contributed by atoms with E-state index in [9.17, 15) is 4.79 Å². The molecule has 0 fully saturated rings. The zero-order valence-corrected chi connectivity index (χ0v) is 11.2. The van der Waals surface area contributed by atoms with Gasteiger partial charge in [0, 0.05) is 6.54 Å². The van der Waals surface area contributed by atoms with Crippen LogP contribution in [-0.4, -0.2) is 24.3 Å². The number of amides is 2. The lowest BCUT2D eigenvalue weighted by Crippen LogP contribution is -2.41. The fourth-order valence-electron chi connectivity index (χ4n) is 1.90. The second kappa shape index (κ2) is 7.01. The van der Waals surface area contributed by atoms with Crippen molar-refractivity contribution < 1.29 is 9.90 Å². The highest BCUT2D eigenvalue weighted by atomic mass is 16.3. The van der Waals surface area contributed by atoms with Gasteiger partial charge < -0.3 is 15.7 Å². The molecule has 0 saturated carbocycles. The van der Waals surface area contributed by atoms with E-state index in [0.717, 1.165) is 5.56 Å². The molecule has 1 aromatic rings. The van der Waals surface area contributed by atoms with Gasteiger partial charge in [-0.2, -0.15) is 0 Å². The van der Waals surface area contributed by atoms with Gasteiger partial charge in [-0.3, -0.25) is 0 Å². The maximum atomic E-state index is 11.7. The van der Waals surface area contributed by atoms with E-state index in [0.29, 0.717) is 5.92 Å². The Morgan fingerprint density at radius 1 is 1.33 bits per heavy atom. The lowest BCUT2D eigenvalue weighted by atomic mass is 9.93. The number of carbonyl (C=O) groups is 1. The predicted octanol–water partition coefficient (Wildman–Crippen LogP) is 1.98. The van der Waals surface area contributed by atoms with Gasteiger partial charge in [-0.15, -0.1) is 0 Å². The molecule has 3 N–H and O–H groups in total. The summed E-state index contributed by atoms with van der Waals surface area (Å²) in [5.41, 5.74) is 2.30. The third kappa shape index (κ3) is 4.04. The van der Waals surface area contributed by atoms with Gasteiger partial charge in [-0.25, -0.2) is 4.79 Å². The molecule has 100 valence electrons. The van der Waals surface area contributed by atoms with Crippen molar-refractivity contribution in [3.8, 4) is 0 Å².